The number of hydrogen-bond acceptors (Lipinski definition) is 4. The van der Waals surface area contributed by atoms with Crippen molar-refractivity contribution in [1.82, 2.24) is 10.1 Å². The summed E-state index contributed by atoms with van der Waals surface area (Å²) in [5.74, 6) is 2.14. The molecule has 0 bridgehead atoms. The maximum Gasteiger partial charge on any atom is 0.321 e. The van der Waals surface area contributed by atoms with E-state index in [4.69, 9.17) is 4.52 Å². The number of aryl methyl sites for hydroxylation is 1. The topological polar surface area (TPSA) is 51.0 Å². The number of aromatic nitrogens is 2. The highest BCUT2D eigenvalue weighted by Gasteiger charge is 2.27. The second-order valence-corrected chi connectivity index (χ2v) is 4.66. The lowest BCUT2D eigenvalue weighted by molar-refractivity contribution is 0.248. The van der Waals surface area contributed by atoms with Gasteiger partial charge in [0.25, 0.3) is 0 Å². The van der Waals surface area contributed by atoms with Crippen LogP contribution in [0.25, 0.3) is 0 Å². The van der Waals surface area contributed by atoms with Gasteiger partial charge in [-0.15, -0.1) is 0 Å². The van der Waals surface area contributed by atoms with Gasteiger partial charge in [0.05, 0.1) is 0 Å². The van der Waals surface area contributed by atoms with Crippen molar-refractivity contribution in [1.29, 1.82) is 0 Å². The fourth-order valence-corrected chi connectivity index (χ4v) is 2.30. The number of nitrogens with one attached hydrogen (secondary N) is 1. The first kappa shape index (κ1) is 10.5. The summed E-state index contributed by atoms with van der Waals surface area (Å²) >= 11 is 0. The van der Waals surface area contributed by atoms with Crippen molar-refractivity contribution >= 4 is 6.01 Å². The first-order valence-corrected chi connectivity index (χ1v) is 5.73. The van der Waals surface area contributed by atoms with Crippen LogP contribution in [0.15, 0.2) is 4.52 Å². The minimum absolute atomic E-state index is 0.480. The van der Waals surface area contributed by atoms with Crippen molar-refractivity contribution in [3.8, 4) is 0 Å². The monoisotopic (exact) mass is 209 g/mol. The molecule has 0 spiro atoms. The zero-order valence-corrected chi connectivity index (χ0v) is 9.66. The summed E-state index contributed by atoms with van der Waals surface area (Å²) in [4.78, 5) is 4.18. The van der Waals surface area contributed by atoms with Gasteiger partial charge in [0.2, 0.25) is 0 Å². The minimum Gasteiger partial charge on any atom is -0.335 e. The second kappa shape index (κ2) is 4.21. The van der Waals surface area contributed by atoms with Gasteiger partial charge in [0.1, 0.15) is 0 Å². The normalized spacial score (nSPS) is 31.5. The summed E-state index contributed by atoms with van der Waals surface area (Å²) in [6.45, 7) is 6.45. The van der Waals surface area contributed by atoms with E-state index in [0.717, 1.165) is 5.92 Å². The summed E-state index contributed by atoms with van der Waals surface area (Å²) in [7, 11) is 0. The van der Waals surface area contributed by atoms with Crippen LogP contribution in [-0.2, 0) is 0 Å². The fraction of sp³-hybridized carbons (Fsp3) is 0.818. The van der Waals surface area contributed by atoms with Crippen LogP contribution in [0, 0.1) is 18.8 Å². The lowest BCUT2D eigenvalue weighted by atomic mass is 9.78. The van der Waals surface area contributed by atoms with Crippen molar-refractivity contribution in [2.45, 2.75) is 46.1 Å². The Labute approximate surface area is 90.4 Å². The zero-order valence-electron chi connectivity index (χ0n) is 9.66. The molecule has 15 heavy (non-hydrogen) atoms. The van der Waals surface area contributed by atoms with Crippen LogP contribution in [0.1, 0.15) is 38.9 Å². The Balaban J connectivity index is 1.99. The highest BCUT2D eigenvalue weighted by molar-refractivity contribution is 5.21. The van der Waals surface area contributed by atoms with E-state index >= 15 is 0 Å². The van der Waals surface area contributed by atoms with E-state index in [1.807, 2.05) is 6.92 Å². The highest BCUT2D eigenvalue weighted by atomic mass is 16.5. The molecule has 1 fully saturated rings. The molecule has 1 aromatic heterocycles. The molecule has 0 amide bonds. The van der Waals surface area contributed by atoms with Gasteiger partial charge in [-0.3, -0.25) is 0 Å². The van der Waals surface area contributed by atoms with Crippen LogP contribution >= 0.6 is 0 Å². The average molecular weight is 209 g/mol. The van der Waals surface area contributed by atoms with Crippen LogP contribution in [0.3, 0.4) is 0 Å². The second-order valence-electron chi connectivity index (χ2n) is 4.66. The van der Waals surface area contributed by atoms with Gasteiger partial charge in [-0.1, -0.05) is 31.8 Å². The molecule has 1 saturated carbocycles. The molecular weight excluding hydrogens is 190 g/mol. The lowest BCUT2D eigenvalue weighted by Gasteiger charge is -2.33. The van der Waals surface area contributed by atoms with E-state index in [1.165, 1.54) is 19.3 Å². The van der Waals surface area contributed by atoms with E-state index in [1.54, 1.807) is 0 Å². The van der Waals surface area contributed by atoms with Crippen molar-refractivity contribution in [2.24, 2.45) is 11.8 Å². The number of hydrogen-bond donors (Lipinski definition) is 1. The fourth-order valence-electron chi connectivity index (χ4n) is 2.30. The Morgan fingerprint density at radius 3 is 2.80 bits per heavy atom. The van der Waals surface area contributed by atoms with E-state index in [9.17, 15) is 0 Å². The molecule has 1 aliphatic carbocycles. The molecule has 0 saturated heterocycles. The third-order valence-electron chi connectivity index (χ3n) is 3.54. The number of rotatable bonds is 2. The largest absolute Gasteiger partial charge is 0.335 e. The molecule has 1 heterocycles. The molecule has 1 N–H and O–H groups in total. The van der Waals surface area contributed by atoms with Crippen molar-refractivity contribution in [2.75, 3.05) is 5.32 Å². The summed E-state index contributed by atoms with van der Waals surface area (Å²) in [6, 6.07) is 1.05. The van der Waals surface area contributed by atoms with E-state index < -0.39 is 0 Å². The Bertz CT molecular complexity index is 323. The van der Waals surface area contributed by atoms with E-state index in [0.29, 0.717) is 23.8 Å². The zero-order chi connectivity index (χ0) is 10.8. The Kier molecular flexibility index (Phi) is 2.93. The summed E-state index contributed by atoms with van der Waals surface area (Å²) in [5, 5.41) is 7.12. The SMILES string of the molecule is Cc1noc(NC2CCCC(C)C2C)n1. The van der Waals surface area contributed by atoms with Crippen LogP contribution in [-0.4, -0.2) is 16.2 Å². The molecule has 4 heteroatoms. The molecule has 0 aliphatic heterocycles. The van der Waals surface area contributed by atoms with Crippen LogP contribution in [0.2, 0.25) is 0 Å². The first-order chi connectivity index (χ1) is 7.16. The third-order valence-corrected chi connectivity index (χ3v) is 3.54. The average Bonchev–Trinajstić information content (AvgIpc) is 2.59. The molecule has 4 nitrogen and oxygen atoms in total. The highest BCUT2D eigenvalue weighted by Crippen LogP contribution is 2.31. The van der Waals surface area contributed by atoms with Crippen LogP contribution < -0.4 is 5.32 Å². The van der Waals surface area contributed by atoms with E-state index in [2.05, 4.69) is 29.3 Å². The first-order valence-electron chi connectivity index (χ1n) is 5.73. The molecule has 3 unspecified atom stereocenters. The van der Waals surface area contributed by atoms with Crippen LogP contribution in [0.4, 0.5) is 6.01 Å². The smallest absolute Gasteiger partial charge is 0.321 e. The maximum atomic E-state index is 5.08. The predicted molar refractivity (Wildman–Crippen MR) is 58.6 cm³/mol. The summed E-state index contributed by atoms with van der Waals surface area (Å²) in [5.41, 5.74) is 0. The molecular formula is C11H19N3O. The van der Waals surface area contributed by atoms with Gasteiger partial charge in [0, 0.05) is 6.04 Å². The van der Waals surface area contributed by atoms with Gasteiger partial charge in [-0.2, -0.15) is 4.98 Å². The molecule has 1 aromatic rings. The Morgan fingerprint density at radius 1 is 1.33 bits per heavy atom. The maximum absolute atomic E-state index is 5.08. The van der Waals surface area contributed by atoms with Crippen molar-refractivity contribution in [3.63, 3.8) is 0 Å². The summed E-state index contributed by atoms with van der Waals surface area (Å²) < 4.78 is 5.08. The summed E-state index contributed by atoms with van der Waals surface area (Å²) in [6.07, 6.45) is 3.82. The third kappa shape index (κ3) is 2.30. The predicted octanol–water partition coefficient (Wildman–Crippen LogP) is 2.61. The molecule has 0 aromatic carbocycles. The minimum atomic E-state index is 0.480. The standard InChI is InChI=1S/C11H19N3O/c1-7-5-4-6-10(8(7)2)13-11-12-9(3)14-15-11/h7-8,10H,4-6H2,1-3H3,(H,12,13,14). The number of nitrogens with zero attached hydrogens (tertiary/aromatic N) is 2. The van der Waals surface area contributed by atoms with Gasteiger partial charge in [0.15, 0.2) is 5.82 Å². The molecule has 3 atom stereocenters. The van der Waals surface area contributed by atoms with Gasteiger partial charge >= 0.3 is 6.01 Å². The van der Waals surface area contributed by atoms with Crippen molar-refractivity contribution in [3.05, 3.63) is 5.82 Å². The Morgan fingerprint density at radius 2 is 2.13 bits per heavy atom. The van der Waals surface area contributed by atoms with Crippen molar-refractivity contribution < 1.29 is 4.52 Å². The number of anilines is 1. The molecule has 2 rings (SSSR count). The molecule has 1 aliphatic rings. The van der Waals surface area contributed by atoms with Gasteiger partial charge < -0.3 is 9.84 Å². The quantitative estimate of drug-likeness (QED) is 0.813. The lowest BCUT2D eigenvalue weighted by Crippen LogP contribution is -2.35. The van der Waals surface area contributed by atoms with Crippen LogP contribution in [0.5, 0.6) is 0 Å². The van der Waals surface area contributed by atoms with Gasteiger partial charge in [-0.25, -0.2) is 0 Å². The van der Waals surface area contributed by atoms with E-state index in [-0.39, 0.29) is 0 Å². The molecule has 0 radical (unpaired) electrons. The Hall–Kier alpha value is -1.06. The van der Waals surface area contributed by atoms with Gasteiger partial charge in [-0.05, 0) is 25.2 Å². The molecule has 84 valence electrons.